The molecule has 0 aliphatic carbocycles. The van der Waals surface area contributed by atoms with Gasteiger partial charge in [-0.2, -0.15) is 0 Å². The van der Waals surface area contributed by atoms with Crippen molar-refractivity contribution in [1.82, 2.24) is 4.90 Å². The van der Waals surface area contributed by atoms with Crippen LogP contribution in [0.5, 0.6) is 0 Å². The molecule has 0 aromatic heterocycles. The van der Waals surface area contributed by atoms with Crippen LogP contribution in [-0.4, -0.2) is 27.9 Å². The molecule has 1 aliphatic heterocycles. The first-order valence-electron chi connectivity index (χ1n) is 6.93. The number of carboxylic acids is 1. The van der Waals surface area contributed by atoms with Crippen molar-refractivity contribution in [3.05, 3.63) is 70.2 Å². The van der Waals surface area contributed by atoms with Crippen LogP contribution in [0.25, 0.3) is 0 Å². The van der Waals surface area contributed by atoms with Crippen molar-refractivity contribution in [1.29, 1.82) is 0 Å². The second-order valence-electron chi connectivity index (χ2n) is 5.24. The molecule has 4 nitrogen and oxygen atoms in total. The van der Waals surface area contributed by atoms with Gasteiger partial charge in [0.05, 0.1) is 10.6 Å². The minimum Gasteiger partial charge on any atom is -0.480 e. The Bertz CT molecular complexity index is 744. The second kappa shape index (κ2) is 5.81. The van der Waals surface area contributed by atoms with Gasteiger partial charge in [0, 0.05) is 13.0 Å². The molecule has 1 amide bonds. The highest BCUT2D eigenvalue weighted by Crippen LogP contribution is 2.27. The Balaban J connectivity index is 1.99. The van der Waals surface area contributed by atoms with Gasteiger partial charge in [0.2, 0.25) is 0 Å². The molecule has 0 saturated heterocycles. The number of carbonyl (C=O) groups is 2. The second-order valence-corrected chi connectivity index (χ2v) is 5.65. The lowest BCUT2D eigenvalue weighted by atomic mass is 9.93. The summed E-state index contributed by atoms with van der Waals surface area (Å²) in [7, 11) is 0. The first-order chi connectivity index (χ1) is 10.6. The molecule has 0 fully saturated rings. The van der Waals surface area contributed by atoms with Crippen molar-refractivity contribution in [2.24, 2.45) is 0 Å². The van der Waals surface area contributed by atoms with E-state index in [2.05, 4.69) is 0 Å². The molecule has 0 radical (unpaired) electrons. The highest BCUT2D eigenvalue weighted by atomic mass is 35.5. The maximum absolute atomic E-state index is 12.7. The highest BCUT2D eigenvalue weighted by Gasteiger charge is 2.35. The van der Waals surface area contributed by atoms with E-state index >= 15 is 0 Å². The Hall–Kier alpha value is -2.33. The van der Waals surface area contributed by atoms with Crippen LogP contribution in [0.1, 0.15) is 21.5 Å². The van der Waals surface area contributed by atoms with Gasteiger partial charge >= 0.3 is 5.97 Å². The molecular formula is C17H14ClNO3. The summed E-state index contributed by atoms with van der Waals surface area (Å²) in [5.74, 6) is -1.36. The Morgan fingerprint density at radius 2 is 1.68 bits per heavy atom. The topological polar surface area (TPSA) is 57.6 Å². The molecule has 2 aromatic rings. The van der Waals surface area contributed by atoms with Crippen molar-refractivity contribution in [2.45, 2.75) is 19.0 Å². The monoisotopic (exact) mass is 315 g/mol. The van der Waals surface area contributed by atoms with E-state index in [1.165, 1.54) is 4.90 Å². The fourth-order valence-corrected chi connectivity index (χ4v) is 2.96. The lowest BCUT2D eigenvalue weighted by Crippen LogP contribution is -2.48. The number of amides is 1. The number of hydrogen-bond donors (Lipinski definition) is 1. The van der Waals surface area contributed by atoms with E-state index < -0.39 is 12.0 Å². The van der Waals surface area contributed by atoms with Gasteiger partial charge in [-0.05, 0) is 23.3 Å². The van der Waals surface area contributed by atoms with Gasteiger partial charge in [-0.25, -0.2) is 4.79 Å². The van der Waals surface area contributed by atoms with Gasteiger partial charge < -0.3 is 10.0 Å². The summed E-state index contributed by atoms with van der Waals surface area (Å²) in [6, 6.07) is 13.4. The molecule has 3 rings (SSSR count). The van der Waals surface area contributed by atoms with E-state index in [1.54, 1.807) is 24.3 Å². The average molecular weight is 316 g/mol. The third-order valence-corrected chi connectivity index (χ3v) is 4.23. The zero-order valence-corrected chi connectivity index (χ0v) is 12.5. The Morgan fingerprint density at radius 3 is 2.36 bits per heavy atom. The molecule has 1 heterocycles. The molecule has 5 heteroatoms. The van der Waals surface area contributed by atoms with Gasteiger partial charge in [0.25, 0.3) is 5.91 Å². The summed E-state index contributed by atoms with van der Waals surface area (Å²) >= 11 is 6.07. The van der Waals surface area contributed by atoms with Crippen molar-refractivity contribution in [2.75, 3.05) is 0 Å². The Kier molecular flexibility index (Phi) is 3.86. The van der Waals surface area contributed by atoms with Crippen LogP contribution in [0.4, 0.5) is 0 Å². The lowest BCUT2D eigenvalue weighted by Gasteiger charge is -2.34. The number of benzene rings is 2. The van der Waals surface area contributed by atoms with Gasteiger partial charge in [-0.1, -0.05) is 48.0 Å². The number of halogens is 1. The molecule has 1 atom stereocenters. The predicted octanol–water partition coefficient (Wildman–Crippen LogP) is 2.99. The minimum absolute atomic E-state index is 0.275. The highest BCUT2D eigenvalue weighted by molar-refractivity contribution is 6.33. The fraction of sp³-hybridized carbons (Fsp3) is 0.176. The molecule has 0 unspecified atom stereocenters. The van der Waals surface area contributed by atoms with E-state index in [0.29, 0.717) is 17.0 Å². The van der Waals surface area contributed by atoms with Crippen molar-refractivity contribution in [3.63, 3.8) is 0 Å². The first kappa shape index (κ1) is 14.6. The molecule has 1 aliphatic rings. The summed E-state index contributed by atoms with van der Waals surface area (Å²) in [5, 5.41) is 9.80. The van der Waals surface area contributed by atoms with Gasteiger partial charge in [0.1, 0.15) is 6.04 Å². The molecule has 0 saturated carbocycles. The van der Waals surface area contributed by atoms with Crippen molar-refractivity contribution in [3.8, 4) is 0 Å². The summed E-state index contributed by atoms with van der Waals surface area (Å²) < 4.78 is 0. The summed E-state index contributed by atoms with van der Waals surface area (Å²) in [5.41, 5.74) is 2.27. The van der Waals surface area contributed by atoms with E-state index in [4.69, 9.17) is 11.6 Å². The standard InChI is InChI=1S/C17H14ClNO3/c18-14-8-4-3-7-13(14)16(20)19-10-12-6-2-1-5-11(12)9-15(19)17(21)22/h1-8,15H,9-10H2,(H,21,22)/t15-/m0/s1. The molecule has 22 heavy (non-hydrogen) atoms. The number of fused-ring (bicyclic) bond motifs is 1. The quantitative estimate of drug-likeness (QED) is 0.927. The molecule has 0 bridgehead atoms. The third-order valence-electron chi connectivity index (χ3n) is 3.90. The minimum atomic E-state index is -1.00. The molecule has 112 valence electrons. The van der Waals surface area contributed by atoms with Crippen LogP contribution >= 0.6 is 11.6 Å². The maximum atomic E-state index is 12.7. The largest absolute Gasteiger partial charge is 0.480 e. The molecule has 0 spiro atoms. The smallest absolute Gasteiger partial charge is 0.326 e. The number of aliphatic carboxylic acids is 1. The number of carboxylic acid groups (broad SMARTS) is 1. The van der Waals surface area contributed by atoms with Crippen LogP contribution in [0.2, 0.25) is 5.02 Å². The summed E-state index contributed by atoms with van der Waals surface area (Å²) in [6.07, 6.45) is 0.307. The zero-order valence-electron chi connectivity index (χ0n) is 11.7. The Morgan fingerprint density at radius 1 is 1.05 bits per heavy atom. The summed E-state index contributed by atoms with van der Waals surface area (Å²) in [4.78, 5) is 25.7. The van der Waals surface area contributed by atoms with Crippen LogP contribution in [0.15, 0.2) is 48.5 Å². The molecule has 1 N–H and O–H groups in total. The van der Waals surface area contributed by atoms with Crippen LogP contribution in [0.3, 0.4) is 0 Å². The average Bonchev–Trinajstić information content (AvgIpc) is 2.53. The fourth-order valence-electron chi connectivity index (χ4n) is 2.75. The van der Waals surface area contributed by atoms with Crippen molar-refractivity contribution < 1.29 is 14.7 Å². The SMILES string of the molecule is O=C(O)[C@@H]1Cc2ccccc2CN1C(=O)c1ccccc1Cl. The van der Waals surface area contributed by atoms with E-state index in [1.807, 2.05) is 24.3 Å². The van der Waals surface area contributed by atoms with Crippen LogP contribution < -0.4 is 0 Å². The maximum Gasteiger partial charge on any atom is 0.326 e. The van der Waals surface area contributed by atoms with Gasteiger partial charge in [-0.15, -0.1) is 0 Å². The Labute approximate surface area is 132 Å². The first-order valence-corrected chi connectivity index (χ1v) is 7.31. The third kappa shape index (κ3) is 2.57. The molecule has 2 aromatic carbocycles. The number of nitrogens with zero attached hydrogens (tertiary/aromatic N) is 1. The van der Waals surface area contributed by atoms with E-state index in [9.17, 15) is 14.7 Å². The van der Waals surface area contributed by atoms with Crippen LogP contribution in [-0.2, 0) is 17.8 Å². The van der Waals surface area contributed by atoms with Gasteiger partial charge in [-0.3, -0.25) is 4.79 Å². The molecular weight excluding hydrogens is 302 g/mol. The van der Waals surface area contributed by atoms with E-state index in [-0.39, 0.29) is 12.5 Å². The zero-order chi connectivity index (χ0) is 15.7. The van der Waals surface area contributed by atoms with Gasteiger partial charge in [0.15, 0.2) is 0 Å². The van der Waals surface area contributed by atoms with Crippen molar-refractivity contribution >= 4 is 23.5 Å². The number of hydrogen-bond acceptors (Lipinski definition) is 2. The number of rotatable bonds is 2. The number of carbonyl (C=O) groups excluding carboxylic acids is 1. The normalized spacial score (nSPS) is 17.0. The summed E-state index contributed by atoms with van der Waals surface area (Å²) in [6.45, 7) is 0.275. The van der Waals surface area contributed by atoms with Crippen LogP contribution in [0, 0.1) is 0 Å². The lowest BCUT2D eigenvalue weighted by molar-refractivity contribution is -0.142. The predicted molar refractivity (Wildman–Crippen MR) is 82.9 cm³/mol. The van der Waals surface area contributed by atoms with E-state index in [0.717, 1.165) is 11.1 Å².